The van der Waals surface area contributed by atoms with Crippen LogP contribution in [-0.2, 0) is 11.3 Å². The average molecular weight is 368 g/mol. The number of carbonyl (C=O) groups is 1. The lowest BCUT2D eigenvalue weighted by atomic mass is 10.3. The number of imidazole rings is 1. The molecule has 4 rings (SSSR count). The molecule has 6 nitrogen and oxygen atoms in total. The highest BCUT2D eigenvalue weighted by atomic mass is 19.1. The molecule has 27 heavy (non-hydrogen) atoms. The van der Waals surface area contributed by atoms with Gasteiger partial charge >= 0.3 is 0 Å². The minimum atomic E-state index is -0.324. The Labute approximate surface area is 156 Å². The van der Waals surface area contributed by atoms with Gasteiger partial charge in [-0.3, -0.25) is 9.69 Å². The van der Waals surface area contributed by atoms with Gasteiger partial charge in [0.25, 0.3) is 5.91 Å². The molecule has 0 radical (unpaired) electrons. The third-order valence-corrected chi connectivity index (χ3v) is 4.70. The van der Waals surface area contributed by atoms with E-state index in [4.69, 9.17) is 4.74 Å². The molecule has 0 aliphatic carbocycles. The number of halogens is 1. The van der Waals surface area contributed by atoms with Crippen LogP contribution < -0.4 is 4.74 Å². The Morgan fingerprint density at radius 2 is 1.85 bits per heavy atom. The van der Waals surface area contributed by atoms with E-state index in [0.29, 0.717) is 18.8 Å². The smallest absolute Gasteiger partial charge is 0.260 e. The number of ether oxygens (including phenoxy) is 1. The van der Waals surface area contributed by atoms with Crippen molar-refractivity contribution in [3.63, 3.8) is 0 Å². The monoisotopic (exact) mass is 368 g/mol. The van der Waals surface area contributed by atoms with Crippen LogP contribution >= 0.6 is 0 Å². The van der Waals surface area contributed by atoms with Crippen molar-refractivity contribution in [1.82, 2.24) is 19.2 Å². The Hall–Kier alpha value is -2.93. The third kappa shape index (κ3) is 4.25. The summed E-state index contributed by atoms with van der Waals surface area (Å²) in [5.41, 5.74) is 1.97. The summed E-state index contributed by atoms with van der Waals surface area (Å²) in [6.07, 6.45) is 4.03. The summed E-state index contributed by atoms with van der Waals surface area (Å²) in [6, 6.07) is 11.6. The number of piperazine rings is 1. The molecule has 0 N–H and O–H groups in total. The van der Waals surface area contributed by atoms with Crippen molar-refractivity contribution >= 4 is 11.6 Å². The zero-order valence-electron chi connectivity index (χ0n) is 14.9. The highest BCUT2D eigenvalue weighted by Gasteiger charge is 2.22. The topological polar surface area (TPSA) is 50.1 Å². The van der Waals surface area contributed by atoms with Gasteiger partial charge in [-0.1, -0.05) is 6.07 Å². The highest BCUT2D eigenvalue weighted by molar-refractivity contribution is 5.77. The number of benzene rings is 1. The molecule has 7 heteroatoms. The summed E-state index contributed by atoms with van der Waals surface area (Å²) in [4.78, 5) is 21.0. The Bertz CT molecular complexity index is 884. The van der Waals surface area contributed by atoms with Crippen molar-refractivity contribution in [3.8, 4) is 5.75 Å². The minimum absolute atomic E-state index is 0.0297. The standard InChI is InChI=1S/C20H21FN4O2/c21-16-4-6-18(7-5-16)27-15-20(26)24-11-9-23(10-12-24)13-17-14-25-8-2-1-3-19(25)22-17/h1-8,14H,9-13,15H2. The molecule has 1 aromatic carbocycles. The van der Waals surface area contributed by atoms with Gasteiger partial charge in [0.2, 0.25) is 0 Å². The van der Waals surface area contributed by atoms with Gasteiger partial charge in [0.15, 0.2) is 6.61 Å². The molecule has 3 aromatic rings. The second-order valence-electron chi connectivity index (χ2n) is 6.60. The summed E-state index contributed by atoms with van der Waals surface area (Å²) in [5, 5.41) is 0. The summed E-state index contributed by atoms with van der Waals surface area (Å²) < 4.78 is 20.4. The van der Waals surface area contributed by atoms with Crippen molar-refractivity contribution in [2.45, 2.75) is 6.54 Å². The molecule has 1 fully saturated rings. The molecule has 1 saturated heterocycles. The number of fused-ring (bicyclic) bond motifs is 1. The van der Waals surface area contributed by atoms with Gasteiger partial charge in [0.1, 0.15) is 17.2 Å². The predicted octanol–water partition coefficient (Wildman–Crippen LogP) is 2.20. The van der Waals surface area contributed by atoms with Crippen molar-refractivity contribution in [2.24, 2.45) is 0 Å². The van der Waals surface area contributed by atoms with E-state index in [1.165, 1.54) is 24.3 Å². The Morgan fingerprint density at radius 1 is 1.07 bits per heavy atom. The first-order chi connectivity index (χ1) is 13.2. The van der Waals surface area contributed by atoms with Crippen LogP contribution in [0.15, 0.2) is 54.9 Å². The fourth-order valence-corrected chi connectivity index (χ4v) is 3.22. The van der Waals surface area contributed by atoms with E-state index in [9.17, 15) is 9.18 Å². The maximum atomic E-state index is 12.9. The Kier molecular flexibility index (Phi) is 5.02. The first-order valence-electron chi connectivity index (χ1n) is 8.98. The van der Waals surface area contributed by atoms with Crippen LogP contribution in [0.1, 0.15) is 5.69 Å². The van der Waals surface area contributed by atoms with Crippen molar-refractivity contribution in [1.29, 1.82) is 0 Å². The Balaban J connectivity index is 1.25. The largest absolute Gasteiger partial charge is 0.484 e. The summed E-state index contributed by atoms with van der Waals surface area (Å²) in [7, 11) is 0. The van der Waals surface area contributed by atoms with Gasteiger partial charge in [0.05, 0.1) is 5.69 Å². The molecule has 3 heterocycles. The molecular formula is C20H21FN4O2. The second kappa shape index (κ2) is 7.75. The molecule has 1 amide bonds. The lowest BCUT2D eigenvalue weighted by molar-refractivity contribution is -0.135. The Morgan fingerprint density at radius 3 is 2.59 bits per heavy atom. The van der Waals surface area contributed by atoms with Crippen LogP contribution in [0.2, 0.25) is 0 Å². The normalized spacial score (nSPS) is 15.2. The molecule has 1 aliphatic rings. The number of amides is 1. The van der Waals surface area contributed by atoms with E-state index in [1.807, 2.05) is 39.9 Å². The van der Waals surface area contributed by atoms with E-state index in [-0.39, 0.29) is 18.3 Å². The zero-order chi connectivity index (χ0) is 18.6. The first kappa shape index (κ1) is 17.5. The van der Waals surface area contributed by atoms with Crippen molar-refractivity contribution in [3.05, 3.63) is 66.4 Å². The van der Waals surface area contributed by atoms with Crippen molar-refractivity contribution < 1.29 is 13.9 Å². The summed E-state index contributed by atoms with van der Waals surface area (Å²) in [5.74, 6) is 0.123. The molecule has 0 bridgehead atoms. The lowest BCUT2D eigenvalue weighted by Gasteiger charge is -2.34. The van der Waals surface area contributed by atoms with Gasteiger partial charge in [0, 0.05) is 45.1 Å². The van der Waals surface area contributed by atoms with Crippen LogP contribution in [-0.4, -0.2) is 57.9 Å². The fraction of sp³-hybridized carbons (Fsp3) is 0.300. The molecule has 140 valence electrons. The molecule has 0 unspecified atom stereocenters. The summed E-state index contributed by atoms with van der Waals surface area (Å²) in [6.45, 7) is 3.68. The van der Waals surface area contributed by atoms with Gasteiger partial charge in [-0.05, 0) is 36.4 Å². The van der Waals surface area contributed by atoms with Crippen LogP contribution in [0.5, 0.6) is 5.75 Å². The minimum Gasteiger partial charge on any atom is -0.484 e. The molecule has 0 atom stereocenters. The average Bonchev–Trinajstić information content (AvgIpc) is 3.10. The number of hydrogen-bond acceptors (Lipinski definition) is 4. The maximum Gasteiger partial charge on any atom is 0.260 e. The van der Waals surface area contributed by atoms with E-state index in [2.05, 4.69) is 9.88 Å². The van der Waals surface area contributed by atoms with Crippen LogP contribution in [0, 0.1) is 5.82 Å². The lowest BCUT2D eigenvalue weighted by Crippen LogP contribution is -2.49. The number of aromatic nitrogens is 2. The number of nitrogens with zero attached hydrogens (tertiary/aromatic N) is 4. The first-order valence-corrected chi connectivity index (χ1v) is 8.98. The van der Waals surface area contributed by atoms with Gasteiger partial charge in [-0.25, -0.2) is 9.37 Å². The fourth-order valence-electron chi connectivity index (χ4n) is 3.22. The third-order valence-electron chi connectivity index (χ3n) is 4.70. The molecule has 0 spiro atoms. The quantitative estimate of drug-likeness (QED) is 0.693. The number of rotatable bonds is 5. The number of hydrogen-bond donors (Lipinski definition) is 0. The van der Waals surface area contributed by atoms with E-state index in [0.717, 1.165) is 31.0 Å². The van der Waals surface area contributed by atoms with Crippen LogP contribution in [0.4, 0.5) is 4.39 Å². The van der Waals surface area contributed by atoms with E-state index < -0.39 is 0 Å². The molecule has 0 saturated carbocycles. The maximum absolute atomic E-state index is 12.9. The van der Waals surface area contributed by atoms with Crippen LogP contribution in [0.25, 0.3) is 5.65 Å². The molecular weight excluding hydrogens is 347 g/mol. The summed E-state index contributed by atoms with van der Waals surface area (Å²) >= 11 is 0. The molecule has 1 aliphatic heterocycles. The molecule has 2 aromatic heterocycles. The van der Waals surface area contributed by atoms with Gasteiger partial charge < -0.3 is 14.0 Å². The predicted molar refractivity (Wildman–Crippen MR) is 98.9 cm³/mol. The highest BCUT2D eigenvalue weighted by Crippen LogP contribution is 2.13. The number of pyridine rings is 1. The van der Waals surface area contributed by atoms with E-state index >= 15 is 0 Å². The van der Waals surface area contributed by atoms with E-state index in [1.54, 1.807) is 0 Å². The second-order valence-corrected chi connectivity index (χ2v) is 6.60. The van der Waals surface area contributed by atoms with Gasteiger partial charge in [-0.15, -0.1) is 0 Å². The van der Waals surface area contributed by atoms with Crippen molar-refractivity contribution in [2.75, 3.05) is 32.8 Å². The van der Waals surface area contributed by atoms with Gasteiger partial charge in [-0.2, -0.15) is 0 Å². The zero-order valence-corrected chi connectivity index (χ0v) is 14.9. The van der Waals surface area contributed by atoms with Crippen LogP contribution in [0.3, 0.4) is 0 Å². The number of carbonyl (C=O) groups excluding carboxylic acids is 1. The SMILES string of the molecule is O=C(COc1ccc(F)cc1)N1CCN(Cc2cn3ccccc3n2)CC1.